The Labute approximate surface area is 210 Å². The summed E-state index contributed by atoms with van der Waals surface area (Å²) in [7, 11) is 1.50. The van der Waals surface area contributed by atoms with E-state index in [1.807, 2.05) is 48.5 Å². The largest absolute Gasteiger partial charge is 0.368 e. The first kappa shape index (κ1) is 34.5. The molecule has 1 saturated heterocycles. The van der Waals surface area contributed by atoms with Crippen molar-refractivity contribution in [1.29, 1.82) is 0 Å². The number of carbonyl (C=O) groups excluding carboxylic acids is 5. The maximum Gasteiger partial charge on any atom is 0.243 e. The molecule has 11 heteroatoms. The minimum Gasteiger partial charge on any atom is -0.368 e. The fourth-order valence-electron chi connectivity index (χ4n) is 3.54. The molecule has 0 radical (unpaired) electrons. The van der Waals surface area contributed by atoms with Crippen LogP contribution in [0, 0.1) is 17.8 Å². The summed E-state index contributed by atoms with van der Waals surface area (Å²) in [5.41, 5.74) is 9.67. The van der Waals surface area contributed by atoms with E-state index < -0.39 is 41.8 Å². The lowest BCUT2D eigenvalue weighted by Gasteiger charge is -2.30. The third-order valence-corrected chi connectivity index (χ3v) is 5.31. The van der Waals surface area contributed by atoms with Crippen LogP contribution in [0.25, 0.3) is 0 Å². The van der Waals surface area contributed by atoms with Gasteiger partial charge >= 0.3 is 0 Å². The number of hydrogen-bond donors (Lipinski definition) is 5. The minimum absolute atomic E-state index is 0.0597. The quantitative estimate of drug-likeness (QED) is 0.269. The summed E-state index contributed by atoms with van der Waals surface area (Å²) in [6.07, 6.45) is 1.05. The number of carbonyl (C=O) groups is 5. The number of nitrogens with one attached hydrogen (secondary N) is 3. The van der Waals surface area contributed by atoms with Crippen LogP contribution < -0.4 is 27.4 Å². The van der Waals surface area contributed by atoms with Gasteiger partial charge in [0.1, 0.15) is 18.1 Å². The van der Waals surface area contributed by atoms with Gasteiger partial charge in [0.15, 0.2) is 0 Å². The number of amides is 5. The van der Waals surface area contributed by atoms with E-state index in [9.17, 15) is 24.0 Å². The van der Waals surface area contributed by atoms with E-state index in [-0.39, 0.29) is 30.2 Å². The van der Waals surface area contributed by atoms with Crippen LogP contribution in [-0.4, -0.2) is 72.7 Å². The van der Waals surface area contributed by atoms with Crippen molar-refractivity contribution in [2.45, 2.75) is 86.4 Å². The Balaban J connectivity index is 0. The Morgan fingerprint density at radius 1 is 1.00 bits per heavy atom. The van der Waals surface area contributed by atoms with E-state index in [1.54, 1.807) is 4.90 Å². The molecule has 1 aliphatic rings. The Morgan fingerprint density at radius 2 is 1.54 bits per heavy atom. The second-order valence-corrected chi connectivity index (χ2v) is 9.01. The molecule has 7 N–H and O–H groups in total. The highest BCUT2D eigenvalue weighted by Gasteiger charge is 2.38. The topological polar surface area (TPSA) is 177 Å². The molecule has 1 fully saturated rings. The number of nitrogens with zero attached hydrogens (tertiary/aromatic N) is 1. The first-order chi connectivity index (χ1) is 16.3. The number of hydrogen-bond acceptors (Lipinski definition) is 6. The number of nitrogens with two attached hydrogens (primary N) is 2. The predicted molar refractivity (Wildman–Crippen MR) is 137 cm³/mol. The summed E-state index contributed by atoms with van der Waals surface area (Å²) in [4.78, 5) is 62.7. The molecule has 1 aliphatic heterocycles. The van der Waals surface area contributed by atoms with E-state index in [1.165, 1.54) is 14.0 Å². The molecule has 1 rings (SSSR count). The van der Waals surface area contributed by atoms with Crippen molar-refractivity contribution < 1.29 is 24.0 Å². The summed E-state index contributed by atoms with van der Waals surface area (Å²) in [5.74, 6) is -2.33. The summed E-state index contributed by atoms with van der Waals surface area (Å²) in [6, 6.07) is -2.39. The van der Waals surface area contributed by atoms with Crippen molar-refractivity contribution in [3.63, 3.8) is 0 Å². The van der Waals surface area contributed by atoms with Crippen LogP contribution in [0.5, 0.6) is 0 Å². The molecule has 11 nitrogen and oxygen atoms in total. The van der Waals surface area contributed by atoms with Gasteiger partial charge in [-0.1, -0.05) is 48.5 Å². The van der Waals surface area contributed by atoms with Gasteiger partial charge in [-0.3, -0.25) is 24.0 Å². The van der Waals surface area contributed by atoms with Gasteiger partial charge in [0.2, 0.25) is 29.5 Å². The predicted octanol–water partition coefficient (Wildman–Crippen LogP) is 0.118. The zero-order valence-corrected chi connectivity index (χ0v) is 22.9. The van der Waals surface area contributed by atoms with Crippen molar-refractivity contribution in [1.82, 2.24) is 20.9 Å². The van der Waals surface area contributed by atoms with Crippen LogP contribution in [-0.2, 0) is 24.0 Å². The van der Waals surface area contributed by atoms with Crippen LogP contribution >= 0.6 is 0 Å². The average molecular weight is 501 g/mol. The van der Waals surface area contributed by atoms with Crippen LogP contribution in [0.1, 0.15) is 68.2 Å². The van der Waals surface area contributed by atoms with Crippen LogP contribution in [0.2, 0.25) is 0 Å². The molecule has 35 heavy (non-hydrogen) atoms. The maximum absolute atomic E-state index is 12.7. The van der Waals surface area contributed by atoms with Crippen molar-refractivity contribution in [2.24, 2.45) is 29.2 Å². The first-order valence-corrected chi connectivity index (χ1v) is 12.4. The standard InChI is InChI=1S/C21H37N5O5.C2H6.CH5N/c1-11(2)9-15(19(29)24-14(6)18(22)28)25-16(27)10-23-20(30)17(12(3)4)26-8-7-13(5)21(26)31;2*1-2/h11-15,17H,7-10H2,1-6H3,(H2,22,28)(H,23,30)(H,24,29)(H,25,27);1-2H3;2H2,1H3/t13-,14+,15+,17?;;/m0../s1. The highest BCUT2D eigenvalue weighted by Crippen LogP contribution is 2.23. The zero-order chi connectivity index (χ0) is 27.9. The van der Waals surface area contributed by atoms with E-state index in [2.05, 4.69) is 21.7 Å². The van der Waals surface area contributed by atoms with Gasteiger partial charge in [0.25, 0.3) is 0 Å². The van der Waals surface area contributed by atoms with Gasteiger partial charge in [-0.15, -0.1) is 0 Å². The van der Waals surface area contributed by atoms with E-state index in [0.717, 1.165) is 0 Å². The fourth-order valence-corrected chi connectivity index (χ4v) is 3.54. The molecule has 0 aromatic heterocycles. The third kappa shape index (κ3) is 12.0. The third-order valence-electron chi connectivity index (χ3n) is 5.31. The van der Waals surface area contributed by atoms with Crippen molar-refractivity contribution >= 4 is 29.5 Å². The summed E-state index contributed by atoms with van der Waals surface area (Å²) in [5, 5.41) is 7.66. The SMILES string of the molecule is CC.CC(C)C[C@@H](NC(=O)CNC(=O)C(C(C)C)N1CC[C@H](C)C1=O)C(=O)N[C@H](C)C(N)=O.CN. The molecular formula is C24H48N6O5. The zero-order valence-electron chi connectivity index (χ0n) is 22.9. The summed E-state index contributed by atoms with van der Waals surface area (Å²) in [6.45, 7) is 15.0. The second kappa shape index (κ2) is 17.7. The van der Waals surface area contributed by atoms with Crippen LogP contribution in [0.15, 0.2) is 0 Å². The summed E-state index contributed by atoms with van der Waals surface area (Å²) >= 11 is 0. The van der Waals surface area contributed by atoms with Crippen LogP contribution in [0.4, 0.5) is 0 Å². The number of likely N-dealkylation sites (tertiary alicyclic amines) is 1. The molecular weight excluding hydrogens is 452 g/mol. The lowest BCUT2D eigenvalue weighted by Crippen LogP contribution is -2.55. The molecule has 0 spiro atoms. The van der Waals surface area contributed by atoms with Gasteiger partial charge in [-0.2, -0.15) is 0 Å². The van der Waals surface area contributed by atoms with Crippen molar-refractivity contribution in [3.05, 3.63) is 0 Å². The van der Waals surface area contributed by atoms with E-state index in [4.69, 9.17) is 5.73 Å². The highest BCUT2D eigenvalue weighted by atomic mass is 16.2. The summed E-state index contributed by atoms with van der Waals surface area (Å²) < 4.78 is 0. The number of rotatable bonds is 11. The molecule has 5 amide bonds. The smallest absolute Gasteiger partial charge is 0.243 e. The fraction of sp³-hybridized carbons (Fsp3) is 0.792. The maximum atomic E-state index is 12.7. The molecule has 0 saturated carbocycles. The lowest BCUT2D eigenvalue weighted by atomic mass is 10.0. The molecule has 204 valence electrons. The van der Waals surface area contributed by atoms with E-state index in [0.29, 0.717) is 19.4 Å². The van der Waals surface area contributed by atoms with Gasteiger partial charge < -0.3 is 32.3 Å². The van der Waals surface area contributed by atoms with E-state index >= 15 is 0 Å². The first-order valence-electron chi connectivity index (χ1n) is 12.4. The molecule has 1 heterocycles. The molecule has 0 bridgehead atoms. The number of primary amides is 1. The Hall–Kier alpha value is -2.69. The van der Waals surface area contributed by atoms with Gasteiger partial charge in [0.05, 0.1) is 6.54 Å². The Bertz CT molecular complexity index is 698. The monoisotopic (exact) mass is 500 g/mol. The molecule has 0 aliphatic carbocycles. The van der Waals surface area contributed by atoms with Gasteiger partial charge in [0, 0.05) is 12.5 Å². The second-order valence-electron chi connectivity index (χ2n) is 9.01. The molecule has 0 aromatic rings. The van der Waals surface area contributed by atoms with Gasteiger partial charge in [-0.25, -0.2) is 0 Å². The average Bonchev–Trinajstić information content (AvgIpc) is 3.12. The molecule has 0 aromatic carbocycles. The highest BCUT2D eigenvalue weighted by molar-refractivity contribution is 5.94. The minimum atomic E-state index is -0.869. The van der Waals surface area contributed by atoms with Crippen LogP contribution in [0.3, 0.4) is 0 Å². The molecule has 4 atom stereocenters. The van der Waals surface area contributed by atoms with Gasteiger partial charge in [-0.05, 0) is 38.6 Å². The lowest BCUT2D eigenvalue weighted by molar-refractivity contribution is -0.141. The van der Waals surface area contributed by atoms with Crippen molar-refractivity contribution in [2.75, 3.05) is 20.1 Å². The Morgan fingerprint density at radius 3 is 1.94 bits per heavy atom. The normalized spacial score (nSPS) is 17.3. The van der Waals surface area contributed by atoms with Crippen molar-refractivity contribution in [3.8, 4) is 0 Å². The Kier molecular flexibility index (Phi) is 17.4. The molecule has 1 unspecified atom stereocenters.